The number of H-pyrrole nitrogens is 1. The topological polar surface area (TPSA) is 51.4 Å². The molecule has 2 N–H and O–H groups in total. The summed E-state index contributed by atoms with van der Waals surface area (Å²) in [5, 5.41) is 4.52. The highest BCUT2D eigenvalue weighted by Crippen LogP contribution is 2.33. The molecule has 2 aliphatic rings. The maximum atomic E-state index is 12.6. The van der Waals surface area contributed by atoms with Crippen molar-refractivity contribution in [3.05, 3.63) is 36.0 Å². The van der Waals surface area contributed by atoms with E-state index in [1.165, 1.54) is 42.4 Å². The second-order valence-corrected chi connectivity index (χ2v) is 8.19. The molecule has 27 heavy (non-hydrogen) atoms. The summed E-state index contributed by atoms with van der Waals surface area (Å²) >= 11 is 0. The Bertz CT molecular complexity index is 763. The van der Waals surface area contributed by atoms with Crippen LogP contribution in [0.15, 0.2) is 30.5 Å². The lowest BCUT2D eigenvalue weighted by atomic mass is 9.89. The van der Waals surface area contributed by atoms with Crippen molar-refractivity contribution in [1.29, 1.82) is 0 Å². The first kappa shape index (κ1) is 18.4. The Kier molecular flexibility index (Phi) is 5.67. The molecule has 2 aliphatic heterocycles. The van der Waals surface area contributed by atoms with E-state index in [9.17, 15) is 4.79 Å². The highest BCUT2D eigenvalue weighted by Gasteiger charge is 2.27. The molecule has 1 unspecified atom stereocenters. The number of para-hydroxylation sites is 1. The molecule has 2 fully saturated rings. The average Bonchev–Trinajstić information content (AvgIpc) is 3.33. The number of aromatic nitrogens is 1. The van der Waals surface area contributed by atoms with E-state index in [4.69, 9.17) is 0 Å². The lowest BCUT2D eigenvalue weighted by Gasteiger charge is -2.32. The first-order chi connectivity index (χ1) is 13.2. The molecular formula is C22H32N4O. The lowest BCUT2D eigenvalue weighted by molar-refractivity contribution is 0.180. The molecule has 1 aromatic heterocycles. The van der Waals surface area contributed by atoms with E-state index in [0.29, 0.717) is 11.8 Å². The Balaban J connectivity index is 1.25. The zero-order chi connectivity index (χ0) is 18.6. The lowest BCUT2D eigenvalue weighted by Crippen LogP contribution is -2.45. The van der Waals surface area contributed by atoms with Crippen molar-refractivity contribution in [2.45, 2.75) is 38.5 Å². The second-order valence-electron chi connectivity index (χ2n) is 8.19. The van der Waals surface area contributed by atoms with Gasteiger partial charge in [0.05, 0.1) is 0 Å². The molecule has 2 amide bonds. The van der Waals surface area contributed by atoms with Gasteiger partial charge in [-0.1, -0.05) is 25.1 Å². The molecule has 5 heteroatoms. The number of benzene rings is 1. The molecule has 1 aromatic carbocycles. The van der Waals surface area contributed by atoms with Crippen LogP contribution in [0.3, 0.4) is 0 Å². The molecule has 0 aliphatic carbocycles. The summed E-state index contributed by atoms with van der Waals surface area (Å²) in [6.45, 7) is 8.26. The smallest absolute Gasteiger partial charge is 0.317 e. The number of hydrogen-bond donors (Lipinski definition) is 2. The first-order valence-corrected chi connectivity index (χ1v) is 10.6. The summed E-state index contributed by atoms with van der Waals surface area (Å²) in [7, 11) is 0. The van der Waals surface area contributed by atoms with Crippen LogP contribution < -0.4 is 5.32 Å². The van der Waals surface area contributed by atoms with Crippen LogP contribution in [0, 0.1) is 5.92 Å². The van der Waals surface area contributed by atoms with Crippen LogP contribution in [0.1, 0.15) is 44.1 Å². The van der Waals surface area contributed by atoms with Crippen LogP contribution in [-0.2, 0) is 0 Å². The van der Waals surface area contributed by atoms with Crippen molar-refractivity contribution in [2.24, 2.45) is 5.92 Å². The number of carbonyl (C=O) groups excluding carboxylic acids is 1. The van der Waals surface area contributed by atoms with Crippen molar-refractivity contribution in [2.75, 3.05) is 39.3 Å². The number of carbonyl (C=O) groups is 1. The summed E-state index contributed by atoms with van der Waals surface area (Å²) in [4.78, 5) is 20.5. The SMILES string of the molecule is CCCN1CCC(CNC(=O)N2CCC(c3c[nH]c4ccccc34)CC2)C1. The molecule has 1 atom stereocenters. The average molecular weight is 369 g/mol. The number of hydrogen-bond acceptors (Lipinski definition) is 2. The fraction of sp³-hybridized carbons (Fsp3) is 0.591. The fourth-order valence-electron chi connectivity index (χ4n) is 4.77. The summed E-state index contributed by atoms with van der Waals surface area (Å²) in [5.74, 6) is 1.16. The predicted octanol–water partition coefficient (Wildman–Crippen LogP) is 3.79. The Morgan fingerprint density at radius 1 is 1.19 bits per heavy atom. The summed E-state index contributed by atoms with van der Waals surface area (Å²) in [6, 6.07) is 8.63. The van der Waals surface area contributed by atoms with E-state index in [1.54, 1.807) is 0 Å². The molecule has 3 heterocycles. The standard InChI is InChI=1S/C22H32N4O/c1-2-10-25-11-7-17(16-25)14-24-22(27)26-12-8-18(9-13-26)20-15-23-21-6-4-3-5-19(20)21/h3-6,15,17-18,23H,2,7-14,16H2,1H3,(H,24,27). The maximum absolute atomic E-state index is 12.6. The largest absolute Gasteiger partial charge is 0.361 e. The van der Waals surface area contributed by atoms with Gasteiger partial charge in [-0.3, -0.25) is 0 Å². The number of likely N-dealkylation sites (tertiary alicyclic amines) is 2. The van der Waals surface area contributed by atoms with Gasteiger partial charge < -0.3 is 20.1 Å². The van der Waals surface area contributed by atoms with Crippen LogP contribution in [0.5, 0.6) is 0 Å². The molecule has 2 saturated heterocycles. The van der Waals surface area contributed by atoms with Gasteiger partial charge in [0.1, 0.15) is 0 Å². The molecule has 5 nitrogen and oxygen atoms in total. The Morgan fingerprint density at radius 3 is 2.81 bits per heavy atom. The van der Waals surface area contributed by atoms with E-state index in [-0.39, 0.29) is 6.03 Å². The number of urea groups is 1. The Labute approximate surface area is 162 Å². The molecule has 0 bridgehead atoms. The number of fused-ring (bicyclic) bond motifs is 1. The highest BCUT2D eigenvalue weighted by molar-refractivity contribution is 5.83. The minimum atomic E-state index is 0.126. The fourth-order valence-corrected chi connectivity index (χ4v) is 4.77. The first-order valence-electron chi connectivity index (χ1n) is 10.6. The molecular weight excluding hydrogens is 336 g/mol. The zero-order valence-electron chi connectivity index (χ0n) is 16.4. The third kappa shape index (κ3) is 4.13. The highest BCUT2D eigenvalue weighted by atomic mass is 16.2. The summed E-state index contributed by atoms with van der Waals surface area (Å²) in [5.41, 5.74) is 2.62. The van der Waals surface area contributed by atoms with Crippen molar-refractivity contribution in [1.82, 2.24) is 20.1 Å². The van der Waals surface area contributed by atoms with Crippen molar-refractivity contribution >= 4 is 16.9 Å². The second kappa shape index (κ2) is 8.34. The van der Waals surface area contributed by atoms with Crippen molar-refractivity contribution in [3.63, 3.8) is 0 Å². The third-order valence-electron chi connectivity index (χ3n) is 6.30. The maximum Gasteiger partial charge on any atom is 0.317 e. The predicted molar refractivity (Wildman–Crippen MR) is 110 cm³/mol. The minimum absolute atomic E-state index is 0.126. The molecule has 0 radical (unpaired) electrons. The van der Waals surface area contributed by atoms with Gasteiger partial charge in [0.25, 0.3) is 0 Å². The van der Waals surface area contributed by atoms with Gasteiger partial charge in [-0.2, -0.15) is 0 Å². The zero-order valence-corrected chi connectivity index (χ0v) is 16.4. The van der Waals surface area contributed by atoms with Crippen molar-refractivity contribution < 1.29 is 4.79 Å². The molecule has 4 rings (SSSR count). The van der Waals surface area contributed by atoms with Crippen LogP contribution in [-0.4, -0.2) is 60.1 Å². The van der Waals surface area contributed by atoms with E-state index in [0.717, 1.165) is 39.0 Å². The molecule has 146 valence electrons. The van der Waals surface area contributed by atoms with E-state index < -0.39 is 0 Å². The van der Waals surface area contributed by atoms with Crippen LogP contribution >= 0.6 is 0 Å². The third-order valence-corrected chi connectivity index (χ3v) is 6.30. The van der Waals surface area contributed by atoms with E-state index >= 15 is 0 Å². The Morgan fingerprint density at radius 2 is 2.00 bits per heavy atom. The van der Waals surface area contributed by atoms with Gasteiger partial charge in [0.15, 0.2) is 0 Å². The number of nitrogens with zero attached hydrogens (tertiary/aromatic N) is 2. The van der Waals surface area contributed by atoms with Crippen LogP contribution in [0.25, 0.3) is 10.9 Å². The number of rotatable bonds is 5. The van der Waals surface area contributed by atoms with E-state index in [1.807, 2.05) is 4.90 Å². The number of nitrogens with one attached hydrogen (secondary N) is 2. The number of piperidine rings is 1. The summed E-state index contributed by atoms with van der Waals surface area (Å²) in [6.07, 6.45) is 6.67. The monoisotopic (exact) mass is 368 g/mol. The van der Waals surface area contributed by atoms with Gasteiger partial charge in [-0.25, -0.2) is 4.79 Å². The van der Waals surface area contributed by atoms with Gasteiger partial charge in [-0.15, -0.1) is 0 Å². The molecule has 2 aromatic rings. The van der Waals surface area contributed by atoms with E-state index in [2.05, 4.69) is 52.6 Å². The van der Waals surface area contributed by atoms with Gasteiger partial charge in [0.2, 0.25) is 0 Å². The van der Waals surface area contributed by atoms with Gasteiger partial charge >= 0.3 is 6.03 Å². The Hall–Kier alpha value is -2.01. The number of amides is 2. The normalized spacial score (nSPS) is 21.8. The van der Waals surface area contributed by atoms with Crippen LogP contribution in [0.4, 0.5) is 4.79 Å². The quantitative estimate of drug-likeness (QED) is 0.844. The number of aromatic amines is 1. The van der Waals surface area contributed by atoms with Gasteiger partial charge in [-0.05, 0) is 62.2 Å². The molecule has 0 saturated carbocycles. The summed E-state index contributed by atoms with van der Waals surface area (Å²) < 4.78 is 0. The van der Waals surface area contributed by atoms with Crippen molar-refractivity contribution in [3.8, 4) is 0 Å². The minimum Gasteiger partial charge on any atom is -0.361 e. The van der Waals surface area contributed by atoms with Crippen LogP contribution in [0.2, 0.25) is 0 Å². The molecule has 0 spiro atoms. The van der Waals surface area contributed by atoms with Gasteiger partial charge in [0, 0.05) is 43.3 Å².